The van der Waals surface area contributed by atoms with E-state index in [4.69, 9.17) is 0 Å². The lowest BCUT2D eigenvalue weighted by Crippen LogP contribution is -2.36. The largest absolute Gasteiger partial charge is 0.347 e. The number of nitrogens with one attached hydrogen (secondary N) is 1. The van der Waals surface area contributed by atoms with E-state index in [0.29, 0.717) is 13.1 Å². The molecule has 2 amide bonds. The molecule has 142 valence electrons. The Hall–Kier alpha value is -2.83. The number of carbonyl (C=O) groups is 2. The summed E-state index contributed by atoms with van der Waals surface area (Å²) in [6.45, 7) is 1.56. The van der Waals surface area contributed by atoms with Crippen molar-refractivity contribution in [3.05, 3.63) is 59.4 Å². The molecule has 0 aliphatic carbocycles. The first-order valence-electron chi connectivity index (χ1n) is 9.28. The van der Waals surface area contributed by atoms with Gasteiger partial charge in [0.2, 0.25) is 0 Å². The van der Waals surface area contributed by atoms with E-state index in [0.717, 1.165) is 31.2 Å². The van der Waals surface area contributed by atoms with Crippen molar-refractivity contribution in [2.45, 2.75) is 38.6 Å². The van der Waals surface area contributed by atoms with Gasteiger partial charge in [0.05, 0.1) is 0 Å². The quantitative estimate of drug-likeness (QED) is 0.898. The summed E-state index contributed by atoms with van der Waals surface area (Å²) in [5, 5.41) is 2.72. The highest BCUT2D eigenvalue weighted by Crippen LogP contribution is 2.14. The van der Waals surface area contributed by atoms with E-state index >= 15 is 0 Å². The van der Waals surface area contributed by atoms with Gasteiger partial charge in [0, 0.05) is 32.0 Å². The van der Waals surface area contributed by atoms with Crippen molar-refractivity contribution in [2.75, 3.05) is 13.1 Å². The minimum absolute atomic E-state index is 0.0201. The van der Waals surface area contributed by atoms with Gasteiger partial charge in [-0.05, 0) is 30.5 Å². The Kier molecular flexibility index (Phi) is 6.46. The molecule has 0 saturated carbocycles. The van der Waals surface area contributed by atoms with Crippen LogP contribution in [0.3, 0.4) is 0 Å². The van der Waals surface area contributed by atoms with Gasteiger partial charge in [-0.3, -0.25) is 9.59 Å². The lowest BCUT2D eigenvalue weighted by molar-refractivity contribution is 0.0728. The molecule has 1 aromatic carbocycles. The molecule has 27 heavy (non-hydrogen) atoms. The Bertz CT molecular complexity index is 787. The fourth-order valence-electron chi connectivity index (χ4n) is 3.13. The first-order valence-corrected chi connectivity index (χ1v) is 9.28. The summed E-state index contributed by atoms with van der Waals surface area (Å²) >= 11 is 0. The number of aromatic nitrogens is 2. The Morgan fingerprint density at radius 2 is 1.52 bits per heavy atom. The summed E-state index contributed by atoms with van der Waals surface area (Å²) in [5.74, 6) is -1.06. The molecule has 3 rings (SSSR count). The van der Waals surface area contributed by atoms with E-state index in [9.17, 15) is 14.0 Å². The molecule has 1 saturated heterocycles. The number of hydrogen-bond donors (Lipinski definition) is 1. The van der Waals surface area contributed by atoms with E-state index in [1.54, 1.807) is 17.0 Å². The van der Waals surface area contributed by atoms with Crippen LogP contribution in [0.1, 0.15) is 58.6 Å². The Labute approximate surface area is 157 Å². The van der Waals surface area contributed by atoms with Crippen molar-refractivity contribution >= 4 is 11.8 Å². The van der Waals surface area contributed by atoms with Crippen molar-refractivity contribution in [3.8, 4) is 0 Å². The number of amides is 2. The first kappa shape index (κ1) is 18.9. The zero-order valence-corrected chi connectivity index (χ0v) is 15.2. The predicted octanol–water partition coefficient (Wildman–Crippen LogP) is 2.95. The van der Waals surface area contributed by atoms with Gasteiger partial charge in [0.25, 0.3) is 11.8 Å². The molecule has 0 unspecified atom stereocenters. The number of carbonyl (C=O) groups excluding carboxylic acids is 2. The summed E-state index contributed by atoms with van der Waals surface area (Å²) in [6, 6.07) is 5.86. The number of halogens is 1. The summed E-state index contributed by atoms with van der Waals surface area (Å²) < 4.78 is 13.0. The smallest absolute Gasteiger partial charge is 0.274 e. The van der Waals surface area contributed by atoms with Crippen molar-refractivity contribution in [2.24, 2.45) is 0 Å². The summed E-state index contributed by atoms with van der Waals surface area (Å²) in [4.78, 5) is 35.4. The number of rotatable bonds is 4. The minimum atomic E-state index is -0.470. The number of likely N-dealkylation sites (tertiary alicyclic amines) is 1. The van der Waals surface area contributed by atoms with E-state index in [2.05, 4.69) is 15.3 Å². The van der Waals surface area contributed by atoms with E-state index in [1.807, 2.05) is 0 Å². The SMILES string of the molecule is O=C(NCc1ccc(F)cc1)c1nccnc1C(=O)N1CCCCCCC1. The van der Waals surface area contributed by atoms with Crippen molar-refractivity contribution in [1.29, 1.82) is 0 Å². The zero-order chi connectivity index (χ0) is 19.1. The number of hydrogen-bond acceptors (Lipinski definition) is 4. The lowest BCUT2D eigenvalue weighted by atomic mass is 10.1. The molecule has 0 radical (unpaired) electrons. The highest BCUT2D eigenvalue weighted by Gasteiger charge is 2.24. The van der Waals surface area contributed by atoms with Crippen LogP contribution in [-0.4, -0.2) is 39.8 Å². The van der Waals surface area contributed by atoms with Crippen LogP contribution in [0.5, 0.6) is 0 Å². The third-order valence-corrected chi connectivity index (χ3v) is 4.63. The first-order chi connectivity index (χ1) is 13.1. The number of nitrogens with zero attached hydrogens (tertiary/aromatic N) is 3. The maximum atomic E-state index is 13.0. The van der Waals surface area contributed by atoms with Crippen LogP contribution in [0, 0.1) is 5.82 Å². The Morgan fingerprint density at radius 1 is 0.926 bits per heavy atom. The van der Waals surface area contributed by atoms with Gasteiger partial charge in [0.15, 0.2) is 11.4 Å². The van der Waals surface area contributed by atoms with Gasteiger partial charge in [-0.15, -0.1) is 0 Å². The van der Waals surface area contributed by atoms with Gasteiger partial charge >= 0.3 is 0 Å². The fourth-order valence-corrected chi connectivity index (χ4v) is 3.13. The normalized spacial score (nSPS) is 14.9. The van der Waals surface area contributed by atoms with E-state index in [1.165, 1.54) is 30.9 Å². The van der Waals surface area contributed by atoms with Crippen molar-refractivity contribution in [1.82, 2.24) is 20.2 Å². The van der Waals surface area contributed by atoms with Crippen molar-refractivity contribution < 1.29 is 14.0 Å². The van der Waals surface area contributed by atoms with Crippen LogP contribution in [0.15, 0.2) is 36.7 Å². The van der Waals surface area contributed by atoms with Crippen LogP contribution >= 0.6 is 0 Å². The molecule has 6 nitrogen and oxygen atoms in total. The molecule has 2 heterocycles. The Morgan fingerprint density at radius 3 is 2.19 bits per heavy atom. The van der Waals surface area contributed by atoms with E-state index < -0.39 is 5.91 Å². The molecule has 1 aromatic heterocycles. The van der Waals surface area contributed by atoms with Crippen LogP contribution in [0.2, 0.25) is 0 Å². The molecule has 1 fully saturated rings. The predicted molar refractivity (Wildman–Crippen MR) is 98.6 cm³/mol. The lowest BCUT2D eigenvalue weighted by Gasteiger charge is -2.24. The van der Waals surface area contributed by atoms with Crippen LogP contribution in [0.25, 0.3) is 0 Å². The third kappa shape index (κ3) is 5.09. The zero-order valence-electron chi connectivity index (χ0n) is 15.2. The molecule has 0 bridgehead atoms. The highest BCUT2D eigenvalue weighted by molar-refractivity contribution is 6.04. The van der Waals surface area contributed by atoms with Crippen LogP contribution < -0.4 is 5.32 Å². The molecule has 1 N–H and O–H groups in total. The second-order valence-corrected chi connectivity index (χ2v) is 6.62. The average molecular weight is 370 g/mol. The fraction of sp³-hybridized carbons (Fsp3) is 0.400. The topological polar surface area (TPSA) is 75.2 Å². The molecular weight excluding hydrogens is 347 g/mol. The molecule has 0 atom stereocenters. The highest BCUT2D eigenvalue weighted by atomic mass is 19.1. The van der Waals surface area contributed by atoms with Gasteiger partial charge in [0.1, 0.15) is 5.82 Å². The minimum Gasteiger partial charge on any atom is -0.347 e. The summed E-state index contributed by atoms with van der Waals surface area (Å²) in [6.07, 6.45) is 8.15. The van der Waals surface area contributed by atoms with Crippen LogP contribution in [-0.2, 0) is 6.54 Å². The second kappa shape index (κ2) is 9.21. The van der Waals surface area contributed by atoms with Gasteiger partial charge in [-0.25, -0.2) is 14.4 Å². The molecule has 0 spiro atoms. The van der Waals surface area contributed by atoms with Gasteiger partial charge in [-0.2, -0.15) is 0 Å². The molecular formula is C20H23FN4O2. The Balaban J connectivity index is 1.71. The summed E-state index contributed by atoms with van der Waals surface area (Å²) in [5.41, 5.74) is 0.853. The van der Waals surface area contributed by atoms with Gasteiger partial charge < -0.3 is 10.2 Å². The summed E-state index contributed by atoms with van der Waals surface area (Å²) in [7, 11) is 0. The van der Waals surface area contributed by atoms with E-state index in [-0.39, 0.29) is 29.7 Å². The number of benzene rings is 1. The third-order valence-electron chi connectivity index (χ3n) is 4.63. The molecule has 1 aliphatic rings. The maximum Gasteiger partial charge on any atom is 0.274 e. The molecule has 1 aliphatic heterocycles. The monoisotopic (exact) mass is 370 g/mol. The molecule has 7 heteroatoms. The van der Waals surface area contributed by atoms with Crippen LogP contribution in [0.4, 0.5) is 4.39 Å². The van der Waals surface area contributed by atoms with Gasteiger partial charge in [-0.1, -0.05) is 31.4 Å². The standard InChI is InChI=1S/C20H23FN4O2/c21-16-8-6-15(7-9-16)14-24-19(26)17-18(23-11-10-22-17)20(27)25-12-4-2-1-3-5-13-25/h6-11H,1-5,12-14H2,(H,24,26). The maximum absolute atomic E-state index is 13.0. The average Bonchev–Trinajstić information content (AvgIpc) is 2.66. The van der Waals surface area contributed by atoms with Crippen molar-refractivity contribution in [3.63, 3.8) is 0 Å². The molecule has 2 aromatic rings. The second-order valence-electron chi connectivity index (χ2n) is 6.62.